The average molecular weight is 506 g/mol. The molecule has 9 nitrogen and oxygen atoms in total. The van der Waals surface area contributed by atoms with Crippen molar-refractivity contribution in [3.8, 4) is 12.1 Å². The summed E-state index contributed by atoms with van der Waals surface area (Å²) in [5.41, 5.74) is 2.72. The molecule has 0 amide bonds. The fourth-order valence-corrected chi connectivity index (χ4v) is 5.59. The van der Waals surface area contributed by atoms with Crippen molar-refractivity contribution in [1.82, 2.24) is 24.5 Å². The van der Waals surface area contributed by atoms with Gasteiger partial charge in [-0.1, -0.05) is 18.0 Å². The zero-order valence-corrected chi connectivity index (χ0v) is 20.3. The average Bonchev–Trinajstić information content (AvgIpc) is 3.59. The molecule has 3 aromatic rings. The van der Waals surface area contributed by atoms with Crippen LogP contribution in [0.15, 0.2) is 18.3 Å². The molecule has 0 unspecified atom stereocenters. The lowest BCUT2D eigenvalue weighted by atomic mass is 9.79. The minimum atomic E-state index is -0.722. The lowest BCUT2D eigenvalue weighted by molar-refractivity contribution is 0.0109. The van der Waals surface area contributed by atoms with Crippen LogP contribution in [0.1, 0.15) is 61.3 Å². The van der Waals surface area contributed by atoms with E-state index in [1.54, 1.807) is 6.07 Å². The Kier molecular flexibility index (Phi) is 5.87. The zero-order valence-electron chi connectivity index (χ0n) is 19.6. The second-order valence-corrected chi connectivity index (χ2v) is 10.3. The number of hydrogen-bond donors (Lipinski definition) is 2. The van der Waals surface area contributed by atoms with Gasteiger partial charge >= 0.3 is 0 Å². The van der Waals surface area contributed by atoms with E-state index in [9.17, 15) is 14.9 Å². The number of aromatic nitrogens is 4. The van der Waals surface area contributed by atoms with Crippen molar-refractivity contribution in [1.29, 1.82) is 10.5 Å². The van der Waals surface area contributed by atoms with Crippen LogP contribution in [0.4, 0.5) is 21.8 Å². The lowest BCUT2D eigenvalue weighted by Crippen LogP contribution is -2.54. The maximum atomic E-state index is 13.4. The number of anilines is 3. The number of imidazole rings is 1. The Bertz CT molecular complexity index is 1400. The van der Waals surface area contributed by atoms with Gasteiger partial charge in [0.2, 0.25) is 5.95 Å². The molecule has 3 fully saturated rings. The predicted molar refractivity (Wildman–Crippen MR) is 133 cm³/mol. The quantitative estimate of drug-likeness (QED) is 0.502. The Morgan fingerprint density at radius 2 is 1.94 bits per heavy atom. The molecule has 2 N–H and O–H groups in total. The molecule has 1 aliphatic heterocycles. The van der Waals surface area contributed by atoms with Crippen molar-refractivity contribution in [2.24, 2.45) is 0 Å². The number of benzene rings is 1. The maximum Gasteiger partial charge on any atom is 0.247 e. The Morgan fingerprint density at radius 3 is 2.67 bits per heavy atom. The Morgan fingerprint density at radius 1 is 1.11 bits per heavy atom. The van der Waals surface area contributed by atoms with Gasteiger partial charge in [0.1, 0.15) is 12.2 Å². The molecule has 2 aliphatic carbocycles. The number of likely N-dealkylation sites (tertiary alicyclic amines) is 1. The molecule has 6 rings (SSSR count). The second kappa shape index (κ2) is 9.20. The standard InChI is InChI=1S/C25H25ClFN9/c26-22-20(15-2-1-3-18(8-15)35-12-16(27)13-35)6-14(9-28)7-21(22)32-25-33-23(31-17-4-5-17)24-30-11-19(10-29)36(24)34-25/h6-7,11,15-18H,1-5,8,12-13H2,(H2,31,32,33,34)/t15-,18+/m0/s1. The molecule has 0 spiro atoms. The van der Waals surface area contributed by atoms with E-state index in [0.29, 0.717) is 58.6 Å². The summed E-state index contributed by atoms with van der Waals surface area (Å²) in [6.07, 6.45) is 6.80. The number of nitrogens with one attached hydrogen (secondary N) is 2. The van der Waals surface area contributed by atoms with Crippen LogP contribution in [0.3, 0.4) is 0 Å². The number of nitriles is 2. The number of hydrogen-bond acceptors (Lipinski definition) is 8. The monoisotopic (exact) mass is 505 g/mol. The highest BCUT2D eigenvalue weighted by atomic mass is 35.5. The molecular weight excluding hydrogens is 481 g/mol. The van der Waals surface area contributed by atoms with E-state index in [1.807, 2.05) is 6.07 Å². The van der Waals surface area contributed by atoms with Crippen molar-refractivity contribution < 1.29 is 4.39 Å². The maximum absolute atomic E-state index is 13.4. The number of nitrogens with zero attached hydrogens (tertiary/aromatic N) is 7. The number of halogens is 2. The first-order valence-electron chi connectivity index (χ1n) is 12.3. The van der Waals surface area contributed by atoms with Crippen LogP contribution in [0.5, 0.6) is 0 Å². The molecule has 1 aromatic carbocycles. The Labute approximate surface area is 212 Å². The third-order valence-corrected chi connectivity index (χ3v) is 7.76. The Hall–Kier alpha value is -3.47. The topological polar surface area (TPSA) is 118 Å². The van der Waals surface area contributed by atoms with Gasteiger partial charge in [0.05, 0.1) is 28.5 Å². The molecule has 2 aromatic heterocycles. The normalized spacial score (nSPS) is 22.6. The molecule has 11 heteroatoms. The van der Waals surface area contributed by atoms with Crippen molar-refractivity contribution in [2.45, 2.75) is 62.7 Å². The highest BCUT2D eigenvalue weighted by Gasteiger charge is 2.36. The molecule has 0 bridgehead atoms. The number of fused-ring (bicyclic) bond motifs is 1. The fraction of sp³-hybridized carbons (Fsp3) is 0.480. The van der Waals surface area contributed by atoms with Crippen molar-refractivity contribution in [3.05, 3.63) is 40.2 Å². The van der Waals surface area contributed by atoms with E-state index >= 15 is 0 Å². The van der Waals surface area contributed by atoms with E-state index in [-0.39, 0.29) is 11.9 Å². The summed E-state index contributed by atoms with van der Waals surface area (Å²) in [5, 5.41) is 30.8. The van der Waals surface area contributed by atoms with Gasteiger partial charge in [-0.15, -0.1) is 5.10 Å². The molecule has 2 atom stereocenters. The molecule has 36 heavy (non-hydrogen) atoms. The van der Waals surface area contributed by atoms with Crippen molar-refractivity contribution in [3.63, 3.8) is 0 Å². The summed E-state index contributed by atoms with van der Waals surface area (Å²) in [4.78, 5) is 11.1. The highest BCUT2D eigenvalue weighted by molar-refractivity contribution is 6.34. The first-order chi connectivity index (χ1) is 17.5. The fourth-order valence-electron chi connectivity index (χ4n) is 5.28. The number of rotatable bonds is 6. The van der Waals surface area contributed by atoms with Crippen LogP contribution in [0, 0.1) is 22.7 Å². The van der Waals surface area contributed by atoms with E-state index < -0.39 is 6.17 Å². The molecule has 3 aliphatic rings. The summed E-state index contributed by atoms with van der Waals surface area (Å²) in [6, 6.07) is 8.56. The third kappa shape index (κ3) is 4.32. The van der Waals surface area contributed by atoms with Gasteiger partial charge in [-0.3, -0.25) is 4.90 Å². The summed E-state index contributed by atoms with van der Waals surface area (Å²) in [5.74, 6) is 0.970. The van der Waals surface area contributed by atoms with E-state index in [0.717, 1.165) is 44.1 Å². The molecule has 0 radical (unpaired) electrons. The van der Waals surface area contributed by atoms with Crippen molar-refractivity contribution in [2.75, 3.05) is 23.7 Å². The van der Waals surface area contributed by atoms with Crippen LogP contribution < -0.4 is 10.6 Å². The van der Waals surface area contributed by atoms with Gasteiger partial charge in [-0.25, -0.2) is 9.37 Å². The van der Waals surface area contributed by atoms with Gasteiger partial charge in [-0.2, -0.15) is 20.0 Å². The van der Waals surface area contributed by atoms with Crippen LogP contribution in [-0.2, 0) is 0 Å². The van der Waals surface area contributed by atoms with Crippen LogP contribution in [-0.4, -0.2) is 55.8 Å². The van der Waals surface area contributed by atoms with Gasteiger partial charge in [0, 0.05) is 25.2 Å². The molecule has 3 heterocycles. The summed E-state index contributed by atoms with van der Waals surface area (Å²) < 4.78 is 14.9. The molecular formula is C25H25ClFN9. The molecule has 184 valence electrons. The van der Waals surface area contributed by atoms with E-state index in [4.69, 9.17) is 11.6 Å². The predicted octanol–water partition coefficient (Wildman–Crippen LogP) is 4.52. The summed E-state index contributed by atoms with van der Waals surface area (Å²) >= 11 is 6.92. The van der Waals surface area contributed by atoms with Gasteiger partial charge in [0.25, 0.3) is 0 Å². The molecule has 1 saturated heterocycles. The van der Waals surface area contributed by atoms with Crippen LogP contribution in [0.2, 0.25) is 5.02 Å². The van der Waals surface area contributed by atoms with Gasteiger partial charge in [-0.05, 0) is 55.7 Å². The van der Waals surface area contributed by atoms with Crippen LogP contribution >= 0.6 is 11.6 Å². The van der Waals surface area contributed by atoms with Gasteiger partial charge < -0.3 is 10.6 Å². The van der Waals surface area contributed by atoms with Crippen molar-refractivity contribution >= 4 is 34.7 Å². The highest BCUT2D eigenvalue weighted by Crippen LogP contribution is 2.42. The largest absolute Gasteiger partial charge is 0.364 e. The SMILES string of the molecule is N#Cc1cc(Nc2nc(NC3CC3)c3ncc(C#N)n3n2)c(Cl)c([C@H]2CCC[C@@H](N3CC(F)C3)C2)c1. The minimum absolute atomic E-state index is 0.179. The van der Waals surface area contributed by atoms with E-state index in [2.05, 4.69) is 42.7 Å². The third-order valence-electron chi connectivity index (χ3n) is 7.34. The minimum Gasteiger partial charge on any atom is -0.364 e. The van der Waals surface area contributed by atoms with Crippen LogP contribution in [0.25, 0.3) is 5.65 Å². The Balaban J connectivity index is 1.33. The summed E-state index contributed by atoms with van der Waals surface area (Å²) in [6.45, 7) is 1.01. The first-order valence-corrected chi connectivity index (χ1v) is 12.7. The van der Waals surface area contributed by atoms with Gasteiger partial charge in [0.15, 0.2) is 17.2 Å². The van der Waals surface area contributed by atoms with E-state index in [1.165, 1.54) is 10.7 Å². The number of alkyl halides is 1. The second-order valence-electron chi connectivity index (χ2n) is 9.93. The first kappa shape index (κ1) is 23.0. The summed E-state index contributed by atoms with van der Waals surface area (Å²) in [7, 11) is 0. The smallest absolute Gasteiger partial charge is 0.247 e. The molecule has 2 saturated carbocycles. The zero-order chi connectivity index (χ0) is 24.8. The lowest BCUT2D eigenvalue weighted by Gasteiger charge is -2.44.